The van der Waals surface area contributed by atoms with Gasteiger partial charge in [0.25, 0.3) is 0 Å². The molecule has 0 aromatic carbocycles. The second-order valence-electron chi connectivity index (χ2n) is 4.17. The summed E-state index contributed by atoms with van der Waals surface area (Å²) >= 11 is 1.92. The number of nitrogens with zero attached hydrogens (tertiary/aromatic N) is 1. The number of thiophene rings is 1. The number of rotatable bonds is 6. The molecule has 0 aliphatic carbocycles. The summed E-state index contributed by atoms with van der Waals surface area (Å²) in [5, 5.41) is 3.49. The molecule has 1 aromatic heterocycles. The van der Waals surface area contributed by atoms with Crippen molar-refractivity contribution in [2.24, 2.45) is 0 Å². The van der Waals surface area contributed by atoms with Crippen molar-refractivity contribution < 1.29 is 0 Å². The van der Waals surface area contributed by atoms with Crippen molar-refractivity contribution in [3.63, 3.8) is 0 Å². The van der Waals surface area contributed by atoms with Crippen LogP contribution in [0.5, 0.6) is 0 Å². The minimum Gasteiger partial charge on any atom is -0.310 e. The molecule has 0 radical (unpaired) electrons. The lowest BCUT2D eigenvalue weighted by Crippen LogP contribution is -2.34. The Morgan fingerprint density at radius 3 is 2.53 bits per heavy atom. The van der Waals surface area contributed by atoms with Gasteiger partial charge in [0, 0.05) is 28.9 Å². The Labute approximate surface area is 97.3 Å². The Bertz CT molecular complexity index is 281. The van der Waals surface area contributed by atoms with E-state index in [2.05, 4.69) is 50.3 Å². The lowest BCUT2D eigenvalue weighted by Gasteiger charge is -2.19. The van der Waals surface area contributed by atoms with E-state index in [1.165, 1.54) is 9.75 Å². The molecule has 0 saturated carbocycles. The molecule has 1 N–H and O–H groups in total. The summed E-state index contributed by atoms with van der Waals surface area (Å²) in [7, 11) is 4.24. The molecule has 3 heteroatoms. The van der Waals surface area contributed by atoms with E-state index in [1.54, 1.807) is 0 Å². The van der Waals surface area contributed by atoms with Crippen molar-refractivity contribution in [2.45, 2.75) is 32.9 Å². The van der Waals surface area contributed by atoms with Crippen LogP contribution in [0, 0.1) is 0 Å². The maximum absolute atomic E-state index is 3.49. The average molecular weight is 226 g/mol. The maximum Gasteiger partial charge on any atom is 0.0300 e. The Kier molecular flexibility index (Phi) is 5.29. The summed E-state index contributed by atoms with van der Waals surface area (Å²) < 4.78 is 0. The van der Waals surface area contributed by atoms with Crippen molar-refractivity contribution >= 4 is 11.3 Å². The Hall–Kier alpha value is -0.380. The summed E-state index contributed by atoms with van der Waals surface area (Å²) in [6.45, 7) is 6.49. The van der Waals surface area contributed by atoms with Crippen LogP contribution in [0.3, 0.4) is 0 Å². The lowest BCUT2D eigenvalue weighted by atomic mass is 10.3. The zero-order chi connectivity index (χ0) is 11.3. The number of aryl methyl sites for hydroxylation is 1. The van der Waals surface area contributed by atoms with Crippen LogP contribution in [-0.2, 0) is 13.0 Å². The number of nitrogens with one attached hydrogen (secondary N) is 1. The monoisotopic (exact) mass is 226 g/mol. The van der Waals surface area contributed by atoms with Gasteiger partial charge in [-0.15, -0.1) is 11.3 Å². The van der Waals surface area contributed by atoms with Gasteiger partial charge in [-0.05, 0) is 39.6 Å². The summed E-state index contributed by atoms with van der Waals surface area (Å²) in [5.74, 6) is 0. The van der Waals surface area contributed by atoms with E-state index >= 15 is 0 Å². The molecule has 0 bridgehead atoms. The van der Waals surface area contributed by atoms with E-state index in [-0.39, 0.29) is 0 Å². The molecule has 1 rings (SSSR count). The van der Waals surface area contributed by atoms with Gasteiger partial charge in [0.05, 0.1) is 0 Å². The summed E-state index contributed by atoms with van der Waals surface area (Å²) in [6.07, 6.45) is 1.15. The fraction of sp³-hybridized carbons (Fsp3) is 0.667. The van der Waals surface area contributed by atoms with Gasteiger partial charge in [-0.25, -0.2) is 0 Å². The van der Waals surface area contributed by atoms with Crippen LogP contribution < -0.4 is 5.32 Å². The van der Waals surface area contributed by atoms with Gasteiger partial charge >= 0.3 is 0 Å². The van der Waals surface area contributed by atoms with Crippen molar-refractivity contribution in [1.82, 2.24) is 10.2 Å². The molecule has 1 atom stereocenters. The zero-order valence-electron chi connectivity index (χ0n) is 10.2. The number of hydrogen-bond acceptors (Lipinski definition) is 3. The predicted octanol–water partition coefficient (Wildman–Crippen LogP) is 2.35. The highest BCUT2D eigenvalue weighted by atomic mass is 32.1. The van der Waals surface area contributed by atoms with Gasteiger partial charge in [-0.3, -0.25) is 0 Å². The fourth-order valence-corrected chi connectivity index (χ4v) is 2.22. The van der Waals surface area contributed by atoms with Gasteiger partial charge in [-0.1, -0.05) is 6.92 Å². The molecule has 0 spiro atoms. The molecular weight excluding hydrogens is 204 g/mol. The third-order valence-corrected chi connectivity index (χ3v) is 3.92. The Morgan fingerprint density at radius 2 is 2.00 bits per heavy atom. The number of hydrogen-bond donors (Lipinski definition) is 1. The number of likely N-dealkylation sites (N-methyl/N-ethyl adjacent to an activating group) is 1. The van der Waals surface area contributed by atoms with Crippen molar-refractivity contribution in [3.05, 3.63) is 21.9 Å². The van der Waals surface area contributed by atoms with E-state index < -0.39 is 0 Å². The average Bonchev–Trinajstić information content (AvgIpc) is 2.65. The highest BCUT2D eigenvalue weighted by Crippen LogP contribution is 2.16. The Morgan fingerprint density at radius 1 is 1.33 bits per heavy atom. The summed E-state index contributed by atoms with van der Waals surface area (Å²) in [5.41, 5.74) is 0. The first-order valence-electron chi connectivity index (χ1n) is 5.58. The molecule has 1 aromatic rings. The lowest BCUT2D eigenvalue weighted by molar-refractivity contribution is 0.303. The van der Waals surface area contributed by atoms with Crippen LogP contribution in [0.1, 0.15) is 23.6 Å². The van der Waals surface area contributed by atoms with Crippen LogP contribution in [0.2, 0.25) is 0 Å². The first-order valence-corrected chi connectivity index (χ1v) is 6.39. The van der Waals surface area contributed by atoms with E-state index in [0.717, 1.165) is 19.5 Å². The Balaban J connectivity index is 2.25. The van der Waals surface area contributed by atoms with Gasteiger partial charge < -0.3 is 10.2 Å². The topological polar surface area (TPSA) is 15.3 Å². The van der Waals surface area contributed by atoms with Gasteiger partial charge in [0.15, 0.2) is 0 Å². The van der Waals surface area contributed by atoms with Crippen LogP contribution in [0.4, 0.5) is 0 Å². The molecule has 1 unspecified atom stereocenters. The van der Waals surface area contributed by atoms with E-state index in [1.807, 2.05) is 11.3 Å². The first-order chi connectivity index (χ1) is 7.13. The van der Waals surface area contributed by atoms with Gasteiger partial charge in [0.1, 0.15) is 0 Å². The molecular formula is C12H22N2S. The van der Waals surface area contributed by atoms with Gasteiger partial charge in [-0.2, -0.15) is 0 Å². The molecule has 86 valence electrons. The van der Waals surface area contributed by atoms with Crippen LogP contribution in [0.25, 0.3) is 0 Å². The standard InChI is InChI=1S/C12H22N2S/c1-5-11-6-7-12(15-11)9-13-8-10(2)14(3)4/h6-7,10,13H,5,8-9H2,1-4H3. The molecule has 0 saturated heterocycles. The normalized spacial score (nSPS) is 13.4. The van der Waals surface area contributed by atoms with E-state index in [0.29, 0.717) is 6.04 Å². The quantitative estimate of drug-likeness (QED) is 0.801. The highest BCUT2D eigenvalue weighted by molar-refractivity contribution is 7.11. The molecule has 2 nitrogen and oxygen atoms in total. The smallest absolute Gasteiger partial charge is 0.0300 e. The van der Waals surface area contributed by atoms with Crippen LogP contribution in [-0.4, -0.2) is 31.6 Å². The molecule has 1 heterocycles. The van der Waals surface area contributed by atoms with Crippen molar-refractivity contribution in [1.29, 1.82) is 0 Å². The molecule has 0 fully saturated rings. The molecule has 0 amide bonds. The predicted molar refractivity (Wildman–Crippen MR) is 68.6 cm³/mol. The van der Waals surface area contributed by atoms with Gasteiger partial charge in [0.2, 0.25) is 0 Å². The van der Waals surface area contributed by atoms with Crippen LogP contribution in [0.15, 0.2) is 12.1 Å². The van der Waals surface area contributed by atoms with Crippen molar-refractivity contribution in [3.8, 4) is 0 Å². The zero-order valence-corrected chi connectivity index (χ0v) is 11.0. The molecule has 0 aliphatic heterocycles. The maximum atomic E-state index is 3.49. The molecule has 0 aliphatic rings. The minimum atomic E-state index is 0.593. The van der Waals surface area contributed by atoms with E-state index in [4.69, 9.17) is 0 Å². The summed E-state index contributed by atoms with van der Waals surface area (Å²) in [4.78, 5) is 5.16. The molecule has 15 heavy (non-hydrogen) atoms. The third-order valence-electron chi connectivity index (χ3n) is 2.69. The fourth-order valence-electron chi connectivity index (χ4n) is 1.29. The SMILES string of the molecule is CCc1ccc(CNCC(C)N(C)C)s1. The highest BCUT2D eigenvalue weighted by Gasteiger charge is 2.04. The minimum absolute atomic E-state index is 0.593. The second-order valence-corrected chi connectivity index (χ2v) is 5.42. The van der Waals surface area contributed by atoms with Crippen LogP contribution >= 0.6 is 11.3 Å². The van der Waals surface area contributed by atoms with E-state index in [9.17, 15) is 0 Å². The summed E-state index contributed by atoms with van der Waals surface area (Å²) in [6, 6.07) is 5.06. The largest absolute Gasteiger partial charge is 0.310 e. The third kappa shape index (κ3) is 4.33. The first kappa shape index (κ1) is 12.7. The van der Waals surface area contributed by atoms with Crippen molar-refractivity contribution in [2.75, 3.05) is 20.6 Å². The second kappa shape index (κ2) is 6.26.